The largest absolute Gasteiger partial charge is 0.507 e. The molecule has 0 radical (unpaired) electrons. The number of hydrogen-bond donors (Lipinski definition) is 3. The highest BCUT2D eigenvalue weighted by Crippen LogP contribution is 2.21. The van der Waals surface area contributed by atoms with Crippen LogP contribution in [0.4, 0.5) is 0 Å². The summed E-state index contributed by atoms with van der Waals surface area (Å²) in [6.45, 7) is 2.60. The Morgan fingerprint density at radius 3 is 2.84 bits per heavy atom. The summed E-state index contributed by atoms with van der Waals surface area (Å²) in [6.07, 6.45) is 1.90. The first kappa shape index (κ1) is 17.5. The van der Waals surface area contributed by atoms with E-state index in [1.54, 1.807) is 0 Å². The molecule has 0 fully saturated rings. The van der Waals surface area contributed by atoms with Crippen molar-refractivity contribution in [1.82, 2.24) is 5.32 Å². The molecule has 0 atom stereocenters. The molecule has 0 aliphatic carbocycles. The van der Waals surface area contributed by atoms with Gasteiger partial charge in [0.15, 0.2) is 5.96 Å². The number of hydrogen-bond acceptors (Lipinski definition) is 3. The number of rotatable bonds is 4. The van der Waals surface area contributed by atoms with Crippen LogP contribution >= 0.6 is 24.0 Å². The number of carbonyl (C=O) groups is 1. The average Bonchev–Trinajstić information content (AvgIpc) is 2.32. The molecule has 1 aromatic rings. The molecular formula is C12H17Cl2N3O2. The number of nitrogens with zero attached hydrogens (tertiary/aromatic N) is 1. The second-order valence-corrected chi connectivity index (χ2v) is 4.17. The Labute approximate surface area is 123 Å². The number of aliphatic imine (C=N–C) groups is 1. The van der Waals surface area contributed by atoms with E-state index in [0.717, 1.165) is 12.8 Å². The molecule has 1 amide bonds. The van der Waals surface area contributed by atoms with E-state index in [2.05, 4.69) is 10.3 Å². The van der Waals surface area contributed by atoms with Crippen LogP contribution in [0, 0.1) is 0 Å². The molecule has 0 unspecified atom stereocenters. The monoisotopic (exact) mass is 305 g/mol. The van der Waals surface area contributed by atoms with Crippen LogP contribution in [-0.2, 0) is 0 Å². The first-order valence-corrected chi connectivity index (χ1v) is 6.02. The van der Waals surface area contributed by atoms with E-state index in [9.17, 15) is 9.90 Å². The third kappa shape index (κ3) is 5.81. The summed E-state index contributed by atoms with van der Waals surface area (Å²) < 4.78 is 0. The molecule has 106 valence electrons. The molecule has 1 rings (SSSR count). The van der Waals surface area contributed by atoms with Crippen molar-refractivity contribution in [3.05, 3.63) is 28.8 Å². The molecule has 0 bridgehead atoms. The lowest BCUT2D eigenvalue weighted by Gasteiger charge is -2.06. The number of halogens is 2. The topological polar surface area (TPSA) is 87.7 Å². The SMILES string of the molecule is CCCCN=C(N)NC(=O)c1cc(Cl)ccc1O.Cl. The van der Waals surface area contributed by atoms with Gasteiger partial charge < -0.3 is 10.8 Å². The molecule has 5 nitrogen and oxygen atoms in total. The standard InChI is InChI=1S/C12H16ClN3O2.ClH/c1-2-3-6-15-12(14)16-11(18)9-7-8(13)4-5-10(9)17;/h4-5,7,17H,2-3,6H2,1H3,(H3,14,15,16,18);1H. The normalized spacial score (nSPS) is 10.7. The van der Waals surface area contributed by atoms with Crippen LogP contribution < -0.4 is 11.1 Å². The van der Waals surface area contributed by atoms with Crippen LogP contribution in [0.5, 0.6) is 5.75 Å². The zero-order chi connectivity index (χ0) is 13.5. The van der Waals surface area contributed by atoms with Gasteiger partial charge in [-0.1, -0.05) is 24.9 Å². The van der Waals surface area contributed by atoms with E-state index in [-0.39, 0.29) is 29.7 Å². The molecule has 0 aliphatic heterocycles. The molecule has 0 saturated heterocycles. The molecule has 7 heteroatoms. The second-order valence-electron chi connectivity index (χ2n) is 3.74. The van der Waals surface area contributed by atoms with Crippen LogP contribution in [0.15, 0.2) is 23.2 Å². The highest BCUT2D eigenvalue weighted by Gasteiger charge is 2.12. The molecule has 0 saturated carbocycles. The minimum atomic E-state index is -0.534. The smallest absolute Gasteiger partial charge is 0.261 e. The fourth-order valence-electron chi connectivity index (χ4n) is 1.27. The highest BCUT2D eigenvalue weighted by atomic mass is 35.5. The van der Waals surface area contributed by atoms with Crippen molar-refractivity contribution in [2.75, 3.05) is 6.54 Å². The summed E-state index contributed by atoms with van der Waals surface area (Å²) in [5.74, 6) is -0.654. The minimum absolute atomic E-state index is 0. The van der Waals surface area contributed by atoms with E-state index in [4.69, 9.17) is 17.3 Å². The number of phenols is 1. The van der Waals surface area contributed by atoms with Crippen LogP contribution in [-0.4, -0.2) is 23.5 Å². The zero-order valence-corrected chi connectivity index (χ0v) is 12.1. The van der Waals surface area contributed by atoms with Gasteiger partial charge in [0, 0.05) is 11.6 Å². The second kappa shape index (κ2) is 8.61. The number of benzene rings is 1. The zero-order valence-electron chi connectivity index (χ0n) is 10.5. The van der Waals surface area contributed by atoms with E-state index in [1.165, 1.54) is 18.2 Å². The van der Waals surface area contributed by atoms with Crippen LogP contribution in [0.3, 0.4) is 0 Å². The van der Waals surface area contributed by atoms with Crippen molar-refractivity contribution in [2.24, 2.45) is 10.7 Å². The van der Waals surface area contributed by atoms with Gasteiger partial charge in [-0.15, -0.1) is 12.4 Å². The number of phenolic OH excluding ortho intramolecular Hbond substituents is 1. The lowest BCUT2D eigenvalue weighted by atomic mass is 10.2. The lowest BCUT2D eigenvalue weighted by molar-refractivity contribution is 0.0974. The molecule has 19 heavy (non-hydrogen) atoms. The van der Waals surface area contributed by atoms with Gasteiger partial charge in [-0.3, -0.25) is 15.1 Å². The molecule has 0 aliphatic rings. The predicted octanol–water partition coefficient (Wildman–Crippen LogP) is 2.31. The van der Waals surface area contributed by atoms with Gasteiger partial charge in [-0.25, -0.2) is 0 Å². The lowest BCUT2D eigenvalue weighted by Crippen LogP contribution is -2.37. The number of carbonyl (C=O) groups excluding carboxylic acids is 1. The Bertz CT molecular complexity index is 464. The number of guanidine groups is 1. The number of aromatic hydroxyl groups is 1. The Hall–Kier alpha value is -1.46. The van der Waals surface area contributed by atoms with Crippen molar-refractivity contribution in [1.29, 1.82) is 0 Å². The fourth-order valence-corrected chi connectivity index (χ4v) is 1.44. The fraction of sp³-hybridized carbons (Fsp3) is 0.333. The molecule has 4 N–H and O–H groups in total. The van der Waals surface area contributed by atoms with Crippen molar-refractivity contribution < 1.29 is 9.90 Å². The average molecular weight is 306 g/mol. The third-order valence-electron chi connectivity index (χ3n) is 2.24. The predicted molar refractivity (Wildman–Crippen MR) is 79.2 cm³/mol. The Kier molecular flexibility index (Phi) is 7.95. The van der Waals surface area contributed by atoms with Gasteiger partial charge in [-0.2, -0.15) is 0 Å². The van der Waals surface area contributed by atoms with Crippen LogP contribution in [0.2, 0.25) is 5.02 Å². The maximum atomic E-state index is 11.8. The number of unbranched alkanes of at least 4 members (excludes halogenated alkanes) is 1. The molecule has 0 heterocycles. The van der Waals surface area contributed by atoms with Gasteiger partial charge in [-0.05, 0) is 24.6 Å². The van der Waals surface area contributed by atoms with E-state index < -0.39 is 5.91 Å². The summed E-state index contributed by atoms with van der Waals surface area (Å²) in [6, 6.07) is 4.21. The number of amides is 1. The van der Waals surface area contributed by atoms with Crippen molar-refractivity contribution >= 4 is 35.9 Å². The summed E-state index contributed by atoms with van der Waals surface area (Å²) in [5, 5.41) is 12.3. The van der Waals surface area contributed by atoms with Gasteiger partial charge in [0.05, 0.1) is 5.56 Å². The van der Waals surface area contributed by atoms with Gasteiger partial charge >= 0.3 is 0 Å². The maximum Gasteiger partial charge on any atom is 0.261 e. The molecule has 1 aromatic carbocycles. The summed E-state index contributed by atoms with van der Waals surface area (Å²) in [4.78, 5) is 15.7. The summed E-state index contributed by atoms with van der Waals surface area (Å²) in [7, 11) is 0. The quantitative estimate of drug-likeness (QED) is 0.453. The molecule has 0 aromatic heterocycles. The highest BCUT2D eigenvalue weighted by molar-refractivity contribution is 6.31. The minimum Gasteiger partial charge on any atom is -0.507 e. The van der Waals surface area contributed by atoms with E-state index in [0.29, 0.717) is 11.6 Å². The van der Waals surface area contributed by atoms with Crippen molar-refractivity contribution in [3.8, 4) is 5.75 Å². The van der Waals surface area contributed by atoms with Crippen LogP contribution in [0.1, 0.15) is 30.1 Å². The Morgan fingerprint density at radius 1 is 1.53 bits per heavy atom. The molecule has 0 spiro atoms. The first-order valence-electron chi connectivity index (χ1n) is 5.64. The van der Waals surface area contributed by atoms with Gasteiger partial charge in [0.2, 0.25) is 0 Å². The summed E-state index contributed by atoms with van der Waals surface area (Å²) in [5.41, 5.74) is 5.61. The van der Waals surface area contributed by atoms with E-state index in [1.807, 2.05) is 6.92 Å². The summed E-state index contributed by atoms with van der Waals surface area (Å²) >= 11 is 5.75. The van der Waals surface area contributed by atoms with Crippen molar-refractivity contribution in [2.45, 2.75) is 19.8 Å². The third-order valence-corrected chi connectivity index (χ3v) is 2.47. The van der Waals surface area contributed by atoms with Gasteiger partial charge in [0.1, 0.15) is 5.75 Å². The first-order chi connectivity index (χ1) is 8.54. The Morgan fingerprint density at radius 2 is 2.21 bits per heavy atom. The number of nitrogens with one attached hydrogen (secondary N) is 1. The molecular weight excluding hydrogens is 289 g/mol. The number of nitrogens with two attached hydrogens (primary N) is 1. The van der Waals surface area contributed by atoms with E-state index >= 15 is 0 Å². The maximum absolute atomic E-state index is 11.8. The van der Waals surface area contributed by atoms with Crippen LogP contribution in [0.25, 0.3) is 0 Å². The Balaban J connectivity index is 0.00000324. The van der Waals surface area contributed by atoms with Crippen molar-refractivity contribution in [3.63, 3.8) is 0 Å². The van der Waals surface area contributed by atoms with Gasteiger partial charge in [0.25, 0.3) is 5.91 Å².